The number of ether oxygens (including phenoxy) is 2. The van der Waals surface area contributed by atoms with Gasteiger partial charge in [-0.05, 0) is 37.6 Å². The average Bonchev–Trinajstić information content (AvgIpc) is 2.67. The van der Waals surface area contributed by atoms with Crippen molar-refractivity contribution in [2.75, 3.05) is 13.7 Å². The molecule has 0 aromatic heterocycles. The molecule has 0 saturated carbocycles. The standard InChI is InChI=1S/C20H22N2O6/c1-4-28-19(23)12-17(14-7-9-16(27-3)10-8-14)21-20(24)15-6-5-13(2)18(11-15)22(25)26/h5-11,17H,4,12H2,1-3H3,(H,21,24)/t17-/m1/s1. The van der Waals surface area contributed by atoms with E-state index in [-0.39, 0.29) is 24.3 Å². The number of carbonyl (C=O) groups is 2. The number of carbonyl (C=O) groups excluding carboxylic acids is 2. The van der Waals surface area contributed by atoms with Gasteiger partial charge in [-0.25, -0.2) is 0 Å². The Bertz CT molecular complexity index is 863. The molecule has 0 saturated heterocycles. The van der Waals surface area contributed by atoms with Crippen molar-refractivity contribution in [3.8, 4) is 5.75 Å². The molecule has 2 aromatic carbocycles. The van der Waals surface area contributed by atoms with Gasteiger partial charge in [-0.3, -0.25) is 19.7 Å². The Balaban J connectivity index is 2.27. The van der Waals surface area contributed by atoms with Crippen molar-refractivity contribution in [2.24, 2.45) is 0 Å². The highest BCUT2D eigenvalue weighted by molar-refractivity contribution is 5.95. The molecular formula is C20H22N2O6. The molecule has 148 valence electrons. The lowest BCUT2D eigenvalue weighted by Crippen LogP contribution is -2.30. The summed E-state index contributed by atoms with van der Waals surface area (Å²) < 4.78 is 10.1. The van der Waals surface area contributed by atoms with E-state index < -0.39 is 22.8 Å². The van der Waals surface area contributed by atoms with E-state index >= 15 is 0 Å². The Labute approximate surface area is 162 Å². The van der Waals surface area contributed by atoms with Gasteiger partial charge in [0, 0.05) is 17.2 Å². The molecule has 0 aliphatic heterocycles. The summed E-state index contributed by atoms with van der Waals surface area (Å²) in [5.74, 6) is -0.342. The van der Waals surface area contributed by atoms with Crippen LogP contribution in [0.2, 0.25) is 0 Å². The number of nitro benzene ring substituents is 1. The molecule has 0 heterocycles. The van der Waals surface area contributed by atoms with E-state index in [1.807, 2.05) is 0 Å². The van der Waals surface area contributed by atoms with E-state index in [9.17, 15) is 19.7 Å². The average molecular weight is 386 g/mol. The molecule has 0 aliphatic carbocycles. The van der Waals surface area contributed by atoms with Crippen LogP contribution in [0.4, 0.5) is 5.69 Å². The number of amides is 1. The molecular weight excluding hydrogens is 364 g/mol. The molecule has 8 heteroatoms. The highest BCUT2D eigenvalue weighted by atomic mass is 16.6. The minimum atomic E-state index is -0.655. The topological polar surface area (TPSA) is 108 Å². The van der Waals surface area contributed by atoms with Gasteiger partial charge in [0.2, 0.25) is 0 Å². The molecule has 1 atom stereocenters. The minimum Gasteiger partial charge on any atom is -0.497 e. The smallest absolute Gasteiger partial charge is 0.308 e. The van der Waals surface area contributed by atoms with Gasteiger partial charge in [0.15, 0.2) is 0 Å². The number of esters is 1. The largest absolute Gasteiger partial charge is 0.497 e. The number of nitrogens with zero attached hydrogens (tertiary/aromatic N) is 1. The quantitative estimate of drug-likeness (QED) is 0.423. The van der Waals surface area contributed by atoms with Crippen LogP contribution in [0.15, 0.2) is 42.5 Å². The van der Waals surface area contributed by atoms with Crippen molar-refractivity contribution in [1.29, 1.82) is 0 Å². The third-order valence-corrected chi connectivity index (χ3v) is 4.17. The maximum absolute atomic E-state index is 12.7. The fourth-order valence-electron chi connectivity index (χ4n) is 2.66. The molecule has 2 aromatic rings. The lowest BCUT2D eigenvalue weighted by Gasteiger charge is -2.19. The summed E-state index contributed by atoms with van der Waals surface area (Å²) in [4.78, 5) is 35.2. The Morgan fingerprint density at radius 1 is 1.18 bits per heavy atom. The second kappa shape index (κ2) is 9.50. The second-order valence-electron chi connectivity index (χ2n) is 6.07. The van der Waals surface area contributed by atoms with Gasteiger partial charge in [-0.2, -0.15) is 0 Å². The Hall–Kier alpha value is -3.42. The van der Waals surface area contributed by atoms with Crippen molar-refractivity contribution >= 4 is 17.6 Å². The molecule has 0 aliphatic rings. The molecule has 0 fully saturated rings. The van der Waals surface area contributed by atoms with Crippen molar-refractivity contribution in [3.05, 3.63) is 69.3 Å². The van der Waals surface area contributed by atoms with Crippen LogP contribution in [0.25, 0.3) is 0 Å². The van der Waals surface area contributed by atoms with Crippen LogP contribution >= 0.6 is 0 Å². The second-order valence-corrected chi connectivity index (χ2v) is 6.07. The van der Waals surface area contributed by atoms with Crippen LogP contribution in [-0.4, -0.2) is 30.5 Å². The zero-order chi connectivity index (χ0) is 20.7. The van der Waals surface area contributed by atoms with Crippen LogP contribution < -0.4 is 10.1 Å². The molecule has 8 nitrogen and oxygen atoms in total. The molecule has 0 spiro atoms. The number of aryl methyl sites for hydroxylation is 1. The van der Waals surface area contributed by atoms with Crippen LogP contribution in [0.5, 0.6) is 5.75 Å². The summed E-state index contributed by atoms with van der Waals surface area (Å²) >= 11 is 0. The van der Waals surface area contributed by atoms with E-state index in [4.69, 9.17) is 9.47 Å². The van der Waals surface area contributed by atoms with E-state index in [0.717, 1.165) is 0 Å². The predicted octanol–water partition coefficient (Wildman–Crippen LogP) is 3.34. The van der Waals surface area contributed by atoms with Crippen molar-refractivity contribution in [3.63, 3.8) is 0 Å². The lowest BCUT2D eigenvalue weighted by molar-refractivity contribution is -0.385. The first-order valence-corrected chi connectivity index (χ1v) is 8.71. The molecule has 0 radical (unpaired) electrons. The Morgan fingerprint density at radius 3 is 2.43 bits per heavy atom. The highest BCUT2D eigenvalue weighted by Crippen LogP contribution is 2.23. The van der Waals surface area contributed by atoms with E-state index in [0.29, 0.717) is 16.9 Å². The number of nitro groups is 1. The number of hydrogen-bond donors (Lipinski definition) is 1. The van der Waals surface area contributed by atoms with E-state index in [1.54, 1.807) is 38.1 Å². The molecule has 0 bridgehead atoms. The third-order valence-electron chi connectivity index (χ3n) is 4.17. The first-order valence-electron chi connectivity index (χ1n) is 8.71. The van der Waals surface area contributed by atoms with Crippen molar-refractivity contribution in [1.82, 2.24) is 5.32 Å². The van der Waals surface area contributed by atoms with Crippen LogP contribution in [0.1, 0.15) is 40.9 Å². The number of hydrogen-bond acceptors (Lipinski definition) is 6. The fourth-order valence-corrected chi connectivity index (χ4v) is 2.66. The molecule has 0 unspecified atom stereocenters. The highest BCUT2D eigenvalue weighted by Gasteiger charge is 2.22. The van der Waals surface area contributed by atoms with Gasteiger partial charge in [-0.1, -0.05) is 18.2 Å². The molecule has 2 rings (SSSR count). The van der Waals surface area contributed by atoms with Gasteiger partial charge < -0.3 is 14.8 Å². The van der Waals surface area contributed by atoms with Crippen LogP contribution in [0.3, 0.4) is 0 Å². The maximum atomic E-state index is 12.7. The van der Waals surface area contributed by atoms with Crippen LogP contribution in [0, 0.1) is 17.0 Å². The Morgan fingerprint density at radius 2 is 1.86 bits per heavy atom. The maximum Gasteiger partial charge on any atom is 0.308 e. The summed E-state index contributed by atoms with van der Waals surface area (Å²) in [5, 5.41) is 13.9. The SMILES string of the molecule is CCOC(=O)C[C@@H](NC(=O)c1ccc(C)c([N+](=O)[O-])c1)c1ccc(OC)cc1. The lowest BCUT2D eigenvalue weighted by atomic mass is 10.0. The van der Waals surface area contributed by atoms with E-state index in [1.165, 1.54) is 25.3 Å². The zero-order valence-electron chi connectivity index (χ0n) is 15.9. The number of nitrogens with one attached hydrogen (secondary N) is 1. The summed E-state index contributed by atoms with van der Waals surface area (Å²) in [6.07, 6.45) is -0.0696. The summed E-state index contributed by atoms with van der Waals surface area (Å²) in [6.45, 7) is 3.53. The zero-order valence-corrected chi connectivity index (χ0v) is 15.9. The summed E-state index contributed by atoms with van der Waals surface area (Å²) in [6, 6.07) is 10.5. The van der Waals surface area contributed by atoms with Gasteiger partial charge in [0.1, 0.15) is 5.75 Å². The normalized spacial score (nSPS) is 11.4. The van der Waals surface area contributed by atoms with Crippen molar-refractivity contribution < 1.29 is 24.0 Å². The number of rotatable bonds is 8. The molecule has 1 N–H and O–H groups in total. The predicted molar refractivity (Wildman–Crippen MR) is 102 cm³/mol. The van der Waals surface area contributed by atoms with Gasteiger partial charge in [0.05, 0.1) is 31.1 Å². The number of benzene rings is 2. The van der Waals surface area contributed by atoms with E-state index in [2.05, 4.69) is 5.32 Å². The summed E-state index contributed by atoms with van der Waals surface area (Å²) in [5.41, 5.74) is 1.14. The van der Waals surface area contributed by atoms with Gasteiger partial charge in [0.25, 0.3) is 11.6 Å². The minimum absolute atomic E-state index is 0.0696. The van der Waals surface area contributed by atoms with Crippen molar-refractivity contribution in [2.45, 2.75) is 26.3 Å². The molecule has 28 heavy (non-hydrogen) atoms. The van der Waals surface area contributed by atoms with Crippen LogP contribution in [-0.2, 0) is 9.53 Å². The summed E-state index contributed by atoms with van der Waals surface area (Å²) in [7, 11) is 1.54. The first-order chi connectivity index (χ1) is 13.3. The fraction of sp³-hybridized carbons (Fsp3) is 0.300. The van der Waals surface area contributed by atoms with Gasteiger partial charge in [-0.15, -0.1) is 0 Å². The third kappa shape index (κ3) is 5.29. The Kier molecular flexibility index (Phi) is 7.08. The molecule has 1 amide bonds. The monoisotopic (exact) mass is 386 g/mol. The first kappa shape index (κ1) is 20.9. The number of methoxy groups -OCH3 is 1. The van der Waals surface area contributed by atoms with Gasteiger partial charge >= 0.3 is 5.97 Å².